The third kappa shape index (κ3) is 2.66. The molecule has 7 heteroatoms. The van der Waals surface area contributed by atoms with Crippen molar-refractivity contribution in [3.8, 4) is 0 Å². The second-order valence-electron chi connectivity index (χ2n) is 2.51. The van der Waals surface area contributed by atoms with Crippen LogP contribution in [0.25, 0.3) is 0 Å². The molecule has 0 aliphatic carbocycles. The minimum Gasteiger partial charge on any atom is -0.766 e. The van der Waals surface area contributed by atoms with Crippen molar-refractivity contribution in [2.75, 3.05) is 13.2 Å². The van der Waals surface area contributed by atoms with E-state index in [0.717, 1.165) is 0 Å². The Morgan fingerprint density at radius 2 is 2.07 bits per heavy atom. The smallest absolute Gasteiger partial charge is 0.766 e. The first kappa shape index (κ1) is 12.4. The molecule has 0 saturated carbocycles. The molecule has 72 valence electrons. The maximum atomic E-state index is 10.5. The van der Waals surface area contributed by atoms with E-state index < -0.39 is 17.4 Å². The van der Waals surface area contributed by atoms with E-state index in [1.54, 1.807) is 0 Å². The van der Waals surface area contributed by atoms with Gasteiger partial charge in [-0.05, 0) is 0 Å². The van der Waals surface area contributed by atoms with Crippen molar-refractivity contribution in [1.82, 2.24) is 0 Å². The van der Waals surface area contributed by atoms with E-state index in [4.69, 9.17) is 13.9 Å². The average Bonchev–Trinajstić information content (AvgIpc) is 2.75. The summed E-state index contributed by atoms with van der Waals surface area (Å²) in [6.45, 7) is 1.04. The van der Waals surface area contributed by atoms with E-state index in [1.165, 1.54) is 12.3 Å². The average molecular weight is 226 g/mol. The van der Waals surface area contributed by atoms with Gasteiger partial charge in [-0.25, -0.2) is 0 Å². The predicted octanol–water partition coefficient (Wildman–Crippen LogP) is -2.43. The summed E-state index contributed by atoms with van der Waals surface area (Å²) in [5, 5.41) is -0.103. The van der Waals surface area contributed by atoms with Crippen LogP contribution in [-0.4, -0.2) is 22.0 Å². The van der Waals surface area contributed by atoms with Gasteiger partial charge in [0, 0.05) is 22.7 Å². The molecule has 0 amide bonds. The normalized spacial score (nSPS) is 19.2. The van der Waals surface area contributed by atoms with E-state index >= 15 is 0 Å². The first-order chi connectivity index (χ1) is 6.27. The van der Waals surface area contributed by atoms with E-state index in [2.05, 4.69) is 0 Å². The molecular formula is C7H7NaO5S. The molecule has 1 aliphatic rings. The monoisotopic (exact) mass is 226 g/mol. The van der Waals surface area contributed by atoms with Gasteiger partial charge in [-0.1, -0.05) is 0 Å². The quantitative estimate of drug-likeness (QED) is 0.414. The van der Waals surface area contributed by atoms with Gasteiger partial charge in [0.1, 0.15) is 6.26 Å². The van der Waals surface area contributed by atoms with Crippen LogP contribution in [0.3, 0.4) is 0 Å². The molecule has 2 rings (SSSR count). The topological polar surface area (TPSA) is 71.7 Å². The fraction of sp³-hybridized carbons (Fsp3) is 0.429. The standard InChI is InChI=1S/C7H8O5S.Na/c8-13(9)6-3-5(4-12-6)7-10-1-2-11-7;/h3-4,7H,1-2H2,(H,8,9);/q;+1/p-1. The fourth-order valence-corrected chi connectivity index (χ4v) is 1.45. The van der Waals surface area contributed by atoms with Crippen molar-refractivity contribution >= 4 is 11.1 Å². The SMILES string of the molecule is O=S([O-])c1cc(C2OCCO2)co1.[Na+]. The van der Waals surface area contributed by atoms with Crippen LogP contribution < -0.4 is 29.6 Å². The van der Waals surface area contributed by atoms with Crippen LogP contribution in [0.4, 0.5) is 0 Å². The molecule has 1 atom stereocenters. The van der Waals surface area contributed by atoms with Gasteiger partial charge in [-0.15, -0.1) is 0 Å². The third-order valence-corrected chi connectivity index (χ3v) is 2.20. The Labute approximate surface area is 105 Å². The van der Waals surface area contributed by atoms with Gasteiger partial charge in [0.25, 0.3) is 0 Å². The molecule has 2 heterocycles. The summed E-state index contributed by atoms with van der Waals surface area (Å²) in [6.07, 6.45) is 0.835. The second kappa shape index (κ2) is 5.41. The van der Waals surface area contributed by atoms with E-state index in [-0.39, 0.29) is 34.6 Å². The minimum atomic E-state index is -2.34. The van der Waals surface area contributed by atoms with Crippen molar-refractivity contribution < 1.29 is 52.2 Å². The zero-order valence-corrected chi connectivity index (χ0v) is 10.4. The predicted molar refractivity (Wildman–Crippen MR) is 40.5 cm³/mol. The maximum absolute atomic E-state index is 10.5. The number of hydrogen-bond acceptors (Lipinski definition) is 5. The van der Waals surface area contributed by atoms with Crippen LogP contribution in [0.2, 0.25) is 0 Å². The van der Waals surface area contributed by atoms with Crippen LogP contribution >= 0.6 is 0 Å². The Hall–Kier alpha value is 0.310. The largest absolute Gasteiger partial charge is 1.00 e. The van der Waals surface area contributed by atoms with Crippen molar-refractivity contribution in [1.29, 1.82) is 0 Å². The van der Waals surface area contributed by atoms with Crippen LogP contribution in [-0.2, 0) is 20.6 Å². The summed E-state index contributed by atoms with van der Waals surface area (Å²) < 4.78 is 36.0. The molecule has 0 N–H and O–H groups in total. The zero-order chi connectivity index (χ0) is 9.26. The van der Waals surface area contributed by atoms with E-state index in [1.807, 2.05) is 0 Å². The van der Waals surface area contributed by atoms with Gasteiger partial charge in [-0.2, -0.15) is 0 Å². The van der Waals surface area contributed by atoms with Gasteiger partial charge in [0.15, 0.2) is 11.4 Å². The third-order valence-electron chi connectivity index (χ3n) is 1.65. The number of furan rings is 1. The van der Waals surface area contributed by atoms with Crippen molar-refractivity contribution in [2.45, 2.75) is 11.4 Å². The van der Waals surface area contributed by atoms with Crippen LogP contribution in [0, 0.1) is 0 Å². The zero-order valence-electron chi connectivity index (χ0n) is 7.60. The maximum Gasteiger partial charge on any atom is 1.00 e. The summed E-state index contributed by atoms with van der Waals surface area (Å²) in [5.74, 6) is 0. The number of hydrogen-bond donors (Lipinski definition) is 0. The Morgan fingerprint density at radius 3 is 2.57 bits per heavy atom. The van der Waals surface area contributed by atoms with Crippen molar-refractivity contribution in [3.05, 3.63) is 17.9 Å². The second-order valence-corrected chi connectivity index (χ2v) is 3.38. The fourth-order valence-electron chi connectivity index (χ4n) is 1.09. The van der Waals surface area contributed by atoms with Crippen LogP contribution in [0.1, 0.15) is 11.9 Å². The molecule has 0 aromatic carbocycles. The van der Waals surface area contributed by atoms with Gasteiger partial charge in [0.05, 0.1) is 13.2 Å². The number of rotatable bonds is 2. The molecule has 1 aromatic rings. The molecule has 0 bridgehead atoms. The first-order valence-corrected chi connectivity index (χ1v) is 4.76. The van der Waals surface area contributed by atoms with E-state index in [0.29, 0.717) is 18.8 Å². The molecule has 1 fully saturated rings. The first-order valence-electron chi connectivity index (χ1n) is 3.68. The Balaban J connectivity index is 0.000000980. The Morgan fingerprint density at radius 1 is 1.43 bits per heavy atom. The summed E-state index contributed by atoms with van der Waals surface area (Å²) in [6, 6.07) is 1.39. The summed E-state index contributed by atoms with van der Waals surface area (Å²) in [7, 11) is 0. The Bertz CT molecular complexity index is 320. The molecule has 0 spiro atoms. The molecule has 1 saturated heterocycles. The molecule has 14 heavy (non-hydrogen) atoms. The molecule has 0 radical (unpaired) electrons. The van der Waals surface area contributed by atoms with Crippen molar-refractivity contribution in [2.24, 2.45) is 0 Å². The molecule has 5 nitrogen and oxygen atoms in total. The van der Waals surface area contributed by atoms with Gasteiger partial charge >= 0.3 is 29.6 Å². The number of ether oxygens (including phenoxy) is 2. The molecule has 1 aromatic heterocycles. The minimum absolute atomic E-state index is 0. The molecule has 1 unspecified atom stereocenters. The van der Waals surface area contributed by atoms with Gasteiger partial charge < -0.3 is 18.4 Å². The summed E-state index contributed by atoms with van der Waals surface area (Å²) in [5.41, 5.74) is 0.594. The van der Waals surface area contributed by atoms with Crippen LogP contribution in [0.15, 0.2) is 21.8 Å². The van der Waals surface area contributed by atoms with Gasteiger partial charge in [-0.3, -0.25) is 4.21 Å². The summed E-state index contributed by atoms with van der Waals surface area (Å²) >= 11 is -2.34. The van der Waals surface area contributed by atoms with Crippen molar-refractivity contribution in [3.63, 3.8) is 0 Å². The van der Waals surface area contributed by atoms with Crippen LogP contribution in [0.5, 0.6) is 0 Å². The summed E-state index contributed by atoms with van der Waals surface area (Å²) in [4.78, 5) is 0. The van der Waals surface area contributed by atoms with E-state index in [9.17, 15) is 8.76 Å². The Kier molecular flexibility index (Phi) is 4.78. The van der Waals surface area contributed by atoms with Gasteiger partial charge in [0.2, 0.25) is 0 Å². The molecular weight excluding hydrogens is 219 g/mol. The molecule has 1 aliphatic heterocycles.